The number of hydrogen-bond acceptors (Lipinski definition) is 4. The van der Waals surface area contributed by atoms with E-state index < -0.39 is 0 Å². The summed E-state index contributed by atoms with van der Waals surface area (Å²) in [6, 6.07) is 9.85. The van der Waals surface area contributed by atoms with Crippen LogP contribution < -0.4 is 10.9 Å². The molecule has 0 fully saturated rings. The second kappa shape index (κ2) is 7.40. The molecule has 24 heavy (non-hydrogen) atoms. The van der Waals surface area contributed by atoms with Crippen molar-refractivity contribution in [2.24, 2.45) is 0 Å². The maximum Gasteiger partial charge on any atom is 0.251 e. The van der Waals surface area contributed by atoms with Gasteiger partial charge in [0.15, 0.2) is 0 Å². The number of aromatic amines is 1. The van der Waals surface area contributed by atoms with Gasteiger partial charge in [0.05, 0.1) is 0 Å². The molecule has 0 atom stereocenters. The lowest BCUT2D eigenvalue weighted by atomic mass is 10.1. The monoisotopic (exact) mass is 326 g/mol. The molecule has 3 rings (SSSR count). The molecule has 2 heterocycles. The van der Waals surface area contributed by atoms with Crippen molar-refractivity contribution >= 4 is 5.91 Å². The standard InChI is InChI=1S/C18H22N4O2/c1-13-10-18(24)21-16(20-13)6-8-19-17(23)7-9-22-11-14-4-2-3-5-15(14)12-22/h2-5,10H,6-9,11-12H2,1H3,(H,19,23)(H,20,21,24). The molecule has 0 saturated carbocycles. The van der Waals surface area contributed by atoms with Crippen LogP contribution in [0.4, 0.5) is 0 Å². The molecule has 126 valence electrons. The molecule has 1 aromatic heterocycles. The topological polar surface area (TPSA) is 78.1 Å². The molecule has 6 nitrogen and oxygen atoms in total. The van der Waals surface area contributed by atoms with Crippen molar-refractivity contribution in [3.8, 4) is 0 Å². The number of fused-ring (bicyclic) bond motifs is 1. The second-order valence-corrected chi connectivity index (χ2v) is 6.16. The van der Waals surface area contributed by atoms with Crippen molar-refractivity contribution in [2.75, 3.05) is 13.1 Å². The van der Waals surface area contributed by atoms with Crippen LogP contribution in [0, 0.1) is 6.92 Å². The summed E-state index contributed by atoms with van der Waals surface area (Å²) in [7, 11) is 0. The first-order valence-electron chi connectivity index (χ1n) is 8.23. The maximum absolute atomic E-state index is 12.0. The molecule has 1 aliphatic heterocycles. The van der Waals surface area contributed by atoms with Crippen molar-refractivity contribution in [3.63, 3.8) is 0 Å². The van der Waals surface area contributed by atoms with Gasteiger partial charge < -0.3 is 10.3 Å². The number of H-pyrrole nitrogens is 1. The molecule has 1 aromatic carbocycles. The summed E-state index contributed by atoms with van der Waals surface area (Å²) in [5.41, 5.74) is 3.24. The SMILES string of the molecule is Cc1cc(=O)[nH]c(CCNC(=O)CCN2Cc3ccccc3C2)n1. The summed E-state index contributed by atoms with van der Waals surface area (Å²) < 4.78 is 0. The van der Waals surface area contributed by atoms with E-state index >= 15 is 0 Å². The molecule has 0 aliphatic carbocycles. The second-order valence-electron chi connectivity index (χ2n) is 6.16. The van der Waals surface area contributed by atoms with Gasteiger partial charge in [-0.25, -0.2) is 4.98 Å². The van der Waals surface area contributed by atoms with Crippen molar-refractivity contribution < 1.29 is 4.79 Å². The molecule has 0 saturated heterocycles. The number of rotatable bonds is 6. The van der Waals surface area contributed by atoms with Crippen molar-refractivity contribution in [1.29, 1.82) is 0 Å². The molecule has 0 radical (unpaired) electrons. The fourth-order valence-electron chi connectivity index (χ4n) is 2.99. The Morgan fingerprint density at radius 2 is 2.00 bits per heavy atom. The van der Waals surface area contributed by atoms with E-state index in [0.29, 0.717) is 30.9 Å². The van der Waals surface area contributed by atoms with Gasteiger partial charge in [-0.15, -0.1) is 0 Å². The number of aromatic nitrogens is 2. The molecule has 0 spiro atoms. The first kappa shape index (κ1) is 16.4. The number of hydrogen-bond donors (Lipinski definition) is 2. The summed E-state index contributed by atoms with van der Waals surface area (Å²) in [6.07, 6.45) is 1.00. The molecule has 6 heteroatoms. The van der Waals surface area contributed by atoms with Crippen molar-refractivity contribution in [2.45, 2.75) is 32.9 Å². The third-order valence-electron chi connectivity index (χ3n) is 4.16. The average molecular weight is 326 g/mol. The van der Waals surface area contributed by atoms with E-state index in [1.54, 1.807) is 6.92 Å². The third-order valence-corrected chi connectivity index (χ3v) is 4.16. The van der Waals surface area contributed by atoms with Crippen molar-refractivity contribution in [3.05, 3.63) is 63.3 Å². The molecule has 0 bridgehead atoms. The fraction of sp³-hybridized carbons (Fsp3) is 0.389. The Hall–Kier alpha value is -2.47. The molecular formula is C18H22N4O2. The highest BCUT2D eigenvalue weighted by Gasteiger charge is 2.18. The van der Waals surface area contributed by atoms with Crippen LogP contribution in [-0.2, 0) is 24.3 Å². The van der Waals surface area contributed by atoms with Gasteiger partial charge in [-0.05, 0) is 18.1 Å². The summed E-state index contributed by atoms with van der Waals surface area (Å²) >= 11 is 0. The Kier molecular flexibility index (Phi) is 5.05. The number of benzene rings is 1. The van der Waals surface area contributed by atoms with Gasteiger partial charge in [-0.3, -0.25) is 14.5 Å². The van der Waals surface area contributed by atoms with Gasteiger partial charge >= 0.3 is 0 Å². The highest BCUT2D eigenvalue weighted by atomic mass is 16.1. The Bertz CT molecular complexity index is 760. The smallest absolute Gasteiger partial charge is 0.251 e. The summed E-state index contributed by atoms with van der Waals surface area (Å²) in [5, 5.41) is 2.89. The minimum Gasteiger partial charge on any atom is -0.356 e. The minimum absolute atomic E-state index is 0.0287. The lowest BCUT2D eigenvalue weighted by Crippen LogP contribution is -2.30. The van der Waals surface area contributed by atoms with Crippen LogP contribution >= 0.6 is 0 Å². The average Bonchev–Trinajstić information content (AvgIpc) is 2.95. The molecular weight excluding hydrogens is 304 g/mol. The van der Waals surface area contributed by atoms with Gasteiger partial charge in [-0.1, -0.05) is 24.3 Å². The quantitative estimate of drug-likeness (QED) is 0.834. The Morgan fingerprint density at radius 1 is 1.29 bits per heavy atom. The van der Waals surface area contributed by atoms with E-state index in [2.05, 4.69) is 44.5 Å². The minimum atomic E-state index is -0.155. The van der Waals surface area contributed by atoms with Crippen LogP contribution in [0.1, 0.15) is 29.1 Å². The highest BCUT2D eigenvalue weighted by molar-refractivity contribution is 5.76. The Balaban J connectivity index is 1.38. The van der Waals surface area contributed by atoms with E-state index in [4.69, 9.17) is 0 Å². The van der Waals surface area contributed by atoms with Gasteiger partial charge in [0, 0.05) is 50.8 Å². The maximum atomic E-state index is 12.0. The molecule has 0 unspecified atom stereocenters. The number of nitrogens with one attached hydrogen (secondary N) is 2. The van der Waals surface area contributed by atoms with Crippen LogP contribution in [0.15, 0.2) is 35.1 Å². The Morgan fingerprint density at radius 3 is 2.67 bits per heavy atom. The third kappa shape index (κ3) is 4.29. The first-order chi connectivity index (χ1) is 11.6. The number of carbonyl (C=O) groups is 1. The lowest BCUT2D eigenvalue weighted by Gasteiger charge is -2.14. The van der Waals surface area contributed by atoms with Gasteiger partial charge in [0.1, 0.15) is 5.82 Å². The van der Waals surface area contributed by atoms with Crippen LogP contribution in [0.2, 0.25) is 0 Å². The predicted molar refractivity (Wildman–Crippen MR) is 91.5 cm³/mol. The van der Waals surface area contributed by atoms with Gasteiger partial charge in [-0.2, -0.15) is 0 Å². The molecule has 2 aromatic rings. The van der Waals surface area contributed by atoms with E-state index in [0.717, 1.165) is 19.6 Å². The van der Waals surface area contributed by atoms with Crippen LogP contribution in [0.5, 0.6) is 0 Å². The summed E-state index contributed by atoms with van der Waals surface area (Å²) in [4.78, 5) is 32.5. The lowest BCUT2D eigenvalue weighted by molar-refractivity contribution is -0.121. The van der Waals surface area contributed by atoms with E-state index in [1.165, 1.54) is 17.2 Å². The highest BCUT2D eigenvalue weighted by Crippen LogP contribution is 2.21. The largest absolute Gasteiger partial charge is 0.356 e. The van der Waals surface area contributed by atoms with Crippen molar-refractivity contribution in [1.82, 2.24) is 20.2 Å². The van der Waals surface area contributed by atoms with Crippen LogP contribution in [0.3, 0.4) is 0 Å². The summed E-state index contributed by atoms with van der Waals surface area (Å²) in [6.45, 7) is 4.84. The molecule has 1 amide bonds. The van der Waals surface area contributed by atoms with Gasteiger partial charge in [0.2, 0.25) is 5.91 Å². The molecule has 1 aliphatic rings. The van der Waals surface area contributed by atoms with Crippen LogP contribution in [-0.4, -0.2) is 33.9 Å². The van der Waals surface area contributed by atoms with Gasteiger partial charge in [0.25, 0.3) is 5.56 Å². The zero-order valence-electron chi connectivity index (χ0n) is 13.8. The zero-order valence-corrected chi connectivity index (χ0v) is 13.8. The normalized spacial score (nSPS) is 13.7. The predicted octanol–water partition coefficient (Wildman–Crippen LogP) is 1.14. The van der Waals surface area contributed by atoms with E-state index in [1.807, 2.05) is 0 Å². The van der Waals surface area contributed by atoms with Crippen LogP contribution in [0.25, 0.3) is 0 Å². The summed E-state index contributed by atoms with van der Waals surface area (Å²) in [5.74, 6) is 0.635. The molecule has 2 N–H and O–H groups in total. The zero-order chi connectivity index (χ0) is 16.9. The number of carbonyl (C=O) groups excluding carboxylic acids is 1. The first-order valence-corrected chi connectivity index (χ1v) is 8.23. The number of amides is 1. The Labute approximate surface area is 140 Å². The fourth-order valence-corrected chi connectivity index (χ4v) is 2.99. The number of nitrogens with zero attached hydrogens (tertiary/aromatic N) is 2. The van der Waals surface area contributed by atoms with E-state index in [9.17, 15) is 9.59 Å². The number of aryl methyl sites for hydroxylation is 1. The van der Waals surface area contributed by atoms with E-state index in [-0.39, 0.29) is 11.5 Å².